The van der Waals surface area contributed by atoms with E-state index in [2.05, 4.69) is 10.3 Å². The Kier molecular flexibility index (Phi) is 2.87. The van der Waals surface area contributed by atoms with Crippen molar-refractivity contribution < 1.29 is 4.74 Å². The minimum Gasteiger partial charge on any atom is -0.494 e. The van der Waals surface area contributed by atoms with Crippen molar-refractivity contribution in [3.63, 3.8) is 0 Å². The number of aromatic nitrogens is 1. The Bertz CT molecular complexity index is 295. The van der Waals surface area contributed by atoms with Crippen LogP contribution in [0.2, 0.25) is 0 Å². The highest BCUT2D eigenvalue weighted by Crippen LogP contribution is 2.27. The van der Waals surface area contributed by atoms with Crippen molar-refractivity contribution in [2.45, 2.75) is 31.7 Å². The van der Waals surface area contributed by atoms with Crippen LogP contribution in [-0.2, 0) is 0 Å². The van der Waals surface area contributed by atoms with Gasteiger partial charge in [0, 0.05) is 18.3 Å². The van der Waals surface area contributed by atoms with Crippen molar-refractivity contribution in [3.05, 3.63) is 18.5 Å². The molecule has 0 unspecified atom stereocenters. The van der Waals surface area contributed by atoms with Gasteiger partial charge in [-0.15, -0.1) is 0 Å². The largest absolute Gasteiger partial charge is 0.494 e. The van der Waals surface area contributed by atoms with E-state index in [9.17, 15) is 0 Å². The molecule has 1 aromatic heterocycles. The standard InChI is InChI=1S/C11H16N2O/c1-14-11-6-7-12-8-10(11)13-9-4-2-3-5-9/h6-9,13H,2-5H2,1H3. The molecular formula is C11H16N2O. The minimum absolute atomic E-state index is 0.605. The van der Waals surface area contributed by atoms with Crippen molar-refractivity contribution >= 4 is 5.69 Å². The van der Waals surface area contributed by atoms with Crippen LogP contribution in [0.3, 0.4) is 0 Å². The maximum Gasteiger partial charge on any atom is 0.145 e. The number of ether oxygens (including phenoxy) is 1. The molecule has 3 nitrogen and oxygen atoms in total. The molecule has 0 bridgehead atoms. The van der Waals surface area contributed by atoms with Crippen LogP contribution >= 0.6 is 0 Å². The molecule has 0 aromatic carbocycles. The molecule has 1 aliphatic carbocycles. The summed E-state index contributed by atoms with van der Waals surface area (Å²) in [5.41, 5.74) is 1.02. The summed E-state index contributed by atoms with van der Waals surface area (Å²) in [6, 6.07) is 2.49. The van der Waals surface area contributed by atoms with Gasteiger partial charge in [-0.3, -0.25) is 4.98 Å². The molecule has 0 saturated heterocycles. The highest BCUT2D eigenvalue weighted by Gasteiger charge is 2.15. The molecule has 0 amide bonds. The summed E-state index contributed by atoms with van der Waals surface area (Å²) in [7, 11) is 1.69. The fraction of sp³-hybridized carbons (Fsp3) is 0.545. The first kappa shape index (κ1) is 9.31. The number of hydrogen-bond acceptors (Lipinski definition) is 3. The van der Waals surface area contributed by atoms with E-state index in [4.69, 9.17) is 4.74 Å². The lowest BCUT2D eigenvalue weighted by Gasteiger charge is -2.15. The molecule has 0 radical (unpaired) electrons. The van der Waals surface area contributed by atoms with Gasteiger partial charge < -0.3 is 10.1 Å². The van der Waals surface area contributed by atoms with Gasteiger partial charge in [0.25, 0.3) is 0 Å². The van der Waals surface area contributed by atoms with E-state index in [0.29, 0.717) is 6.04 Å². The second-order valence-corrected chi connectivity index (χ2v) is 3.70. The van der Waals surface area contributed by atoms with Gasteiger partial charge in [-0.1, -0.05) is 12.8 Å². The molecule has 76 valence electrons. The number of methoxy groups -OCH3 is 1. The van der Waals surface area contributed by atoms with Crippen molar-refractivity contribution in [2.75, 3.05) is 12.4 Å². The van der Waals surface area contributed by atoms with Crippen LogP contribution in [0.1, 0.15) is 25.7 Å². The first-order chi connectivity index (χ1) is 6.90. The van der Waals surface area contributed by atoms with Crippen LogP contribution in [0.15, 0.2) is 18.5 Å². The molecule has 1 aliphatic rings. The molecule has 1 aromatic rings. The quantitative estimate of drug-likeness (QED) is 0.798. The smallest absolute Gasteiger partial charge is 0.145 e. The summed E-state index contributed by atoms with van der Waals surface area (Å²) >= 11 is 0. The zero-order valence-corrected chi connectivity index (χ0v) is 8.49. The maximum atomic E-state index is 5.25. The first-order valence-electron chi connectivity index (χ1n) is 5.14. The molecule has 1 heterocycles. The Morgan fingerprint density at radius 3 is 2.93 bits per heavy atom. The maximum absolute atomic E-state index is 5.25. The fourth-order valence-electron chi connectivity index (χ4n) is 1.96. The van der Waals surface area contributed by atoms with E-state index < -0.39 is 0 Å². The predicted molar refractivity (Wildman–Crippen MR) is 56.7 cm³/mol. The molecule has 3 heteroatoms. The summed E-state index contributed by atoms with van der Waals surface area (Å²) in [5, 5.41) is 3.47. The summed E-state index contributed by atoms with van der Waals surface area (Å²) in [4.78, 5) is 4.09. The highest BCUT2D eigenvalue weighted by molar-refractivity contribution is 5.54. The topological polar surface area (TPSA) is 34.1 Å². The highest BCUT2D eigenvalue weighted by atomic mass is 16.5. The average molecular weight is 192 g/mol. The predicted octanol–water partition coefficient (Wildman–Crippen LogP) is 2.44. The SMILES string of the molecule is COc1ccncc1NC1CCCC1. The normalized spacial score (nSPS) is 16.9. The molecule has 2 rings (SSSR count). The molecule has 0 aliphatic heterocycles. The molecular weight excluding hydrogens is 176 g/mol. The Hall–Kier alpha value is -1.25. The second-order valence-electron chi connectivity index (χ2n) is 3.70. The van der Waals surface area contributed by atoms with Gasteiger partial charge in [-0.25, -0.2) is 0 Å². The number of rotatable bonds is 3. The number of hydrogen-bond donors (Lipinski definition) is 1. The number of pyridine rings is 1. The van der Waals surface area contributed by atoms with Gasteiger partial charge in [-0.05, 0) is 12.8 Å². The zero-order chi connectivity index (χ0) is 9.80. The lowest BCUT2D eigenvalue weighted by atomic mass is 10.2. The monoisotopic (exact) mass is 192 g/mol. The summed E-state index contributed by atoms with van der Waals surface area (Å²) < 4.78 is 5.25. The third kappa shape index (κ3) is 1.97. The Labute approximate surface area is 84.5 Å². The van der Waals surface area contributed by atoms with Gasteiger partial charge in [0.1, 0.15) is 5.75 Å². The van der Waals surface area contributed by atoms with E-state index in [0.717, 1.165) is 11.4 Å². The van der Waals surface area contributed by atoms with Crippen molar-refractivity contribution in [1.29, 1.82) is 0 Å². The van der Waals surface area contributed by atoms with Crippen molar-refractivity contribution in [3.8, 4) is 5.75 Å². The number of nitrogens with zero attached hydrogens (tertiary/aromatic N) is 1. The molecule has 1 N–H and O–H groups in total. The molecule has 14 heavy (non-hydrogen) atoms. The van der Waals surface area contributed by atoms with Crippen LogP contribution < -0.4 is 10.1 Å². The van der Waals surface area contributed by atoms with Crippen molar-refractivity contribution in [2.24, 2.45) is 0 Å². The Morgan fingerprint density at radius 2 is 2.21 bits per heavy atom. The van der Waals surface area contributed by atoms with Gasteiger partial charge in [-0.2, -0.15) is 0 Å². The molecule has 1 fully saturated rings. The van der Waals surface area contributed by atoms with E-state index in [1.54, 1.807) is 13.3 Å². The second kappa shape index (κ2) is 4.31. The van der Waals surface area contributed by atoms with Gasteiger partial charge in [0.2, 0.25) is 0 Å². The Balaban J connectivity index is 2.07. The fourth-order valence-corrected chi connectivity index (χ4v) is 1.96. The van der Waals surface area contributed by atoms with Crippen LogP contribution in [0.25, 0.3) is 0 Å². The number of nitrogens with one attached hydrogen (secondary N) is 1. The van der Waals surface area contributed by atoms with E-state index >= 15 is 0 Å². The van der Waals surface area contributed by atoms with Crippen LogP contribution in [0.5, 0.6) is 5.75 Å². The van der Waals surface area contributed by atoms with Gasteiger partial charge in [0.15, 0.2) is 0 Å². The van der Waals surface area contributed by atoms with Crippen molar-refractivity contribution in [1.82, 2.24) is 4.98 Å². The van der Waals surface area contributed by atoms with Crippen LogP contribution in [-0.4, -0.2) is 18.1 Å². The summed E-state index contributed by atoms with van der Waals surface area (Å²) in [6.07, 6.45) is 8.77. The van der Waals surface area contributed by atoms with Gasteiger partial charge >= 0.3 is 0 Å². The van der Waals surface area contributed by atoms with Crippen LogP contribution in [0.4, 0.5) is 5.69 Å². The summed E-state index contributed by atoms with van der Waals surface area (Å²) in [6.45, 7) is 0. The third-order valence-electron chi connectivity index (χ3n) is 2.72. The van der Waals surface area contributed by atoms with E-state index in [-0.39, 0.29) is 0 Å². The average Bonchev–Trinajstić information content (AvgIpc) is 2.71. The molecule has 0 spiro atoms. The third-order valence-corrected chi connectivity index (χ3v) is 2.72. The molecule has 0 atom stereocenters. The summed E-state index contributed by atoms with van der Waals surface area (Å²) in [5.74, 6) is 0.881. The van der Waals surface area contributed by atoms with E-state index in [1.165, 1.54) is 25.7 Å². The van der Waals surface area contributed by atoms with Gasteiger partial charge in [0.05, 0.1) is 19.0 Å². The Morgan fingerprint density at radius 1 is 1.43 bits per heavy atom. The lowest BCUT2D eigenvalue weighted by Crippen LogP contribution is -2.15. The first-order valence-corrected chi connectivity index (χ1v) is 5.14. The minimum atomic E-state index is 0.605. The van der Waals surface area contributed by atoms with Crippen LogP contribution in [0, 0.1) is 0 Å². The molecule has 1 saturated carbocycles. The number of anilines is 1. The zero-order valence-electron chi connectivity index (χ0n) is 8.49. The van der Waals surface area contributed by atoms with E-state index in [1.807, 2.05) is 12.3 Å². The lowest BCUT2D eigenvalue weighted by molar-refractivity contribution is 0.415.